The van der Waals surface area contributed by atoms with E-state index in [1.54, 1.807) is 23.9 Å². The molecule has 1 saturated heterocycles. The predicted molar refractivity (Wildman–Crippen MR) is 105 cm³/mol. The van der Waals surface area contributed by atoms with Gasteiger partial charge in [0.25, 0.3) is 0 Å². The van der Waals surface area contributed by atoms with E-state index in [2.05, 4.69) is 30.4 Å². The van der Waals surface area contributed by atoms with Gasteiger partial charge < -0.3 is 5.32 Å². The molecule has 0 aliphatic carbocycles. The zero-order valence-corrected chi connectivity index (χ0v) is 16.5. The number of aryl methyl sites for hydroxylation is 2. The molecule has 0 spiro atoms. The first-order chi connectivity index (χ1) is 13.3. The van der Waals surface area contributed by atoms with Gasteiger partial charge in [0.1, 0.15) is 6.54 Å². The summed E-state index contributed by atoms with van der Waals surface area (Å²) in [7, 11) is 1.20. The fourth-order valence-electron chi connectivity index (χ4n) is 2.65. The van der Waals surface area contributed by atoms with E-state index >= 15 is 0 Å². The van der Waals surface area contributed by atoms with E-state index in [1.807, 2.05) is 19.1 Å². The number of amides is 5. The molecule has 0 saturated carbocycles. The van der Waals surface area contributed by atoms with Crippen molar-refractivity contribution in [1.82, 2.24) is 9.80 Å². The minimum atomic E-state index is -0.997. The standard InChI is InChI=1S/C20H19N3O4S/c1-12-4-5-13(2)16(10-12)28-15-8-6-14(7-9-15)21-17(24)11-23-19(26)18(25)22(3)20(23)27/h4-10H,11H2,1-3H3,(H,21,24). The molecule has 2 aromatic rings. The van der Waals surface area contributed by atoms with Gasteiger partial charge in [-0.3, -0.25) is 19.3 Å². The summed E-state index contributed by atoms with van der Waals surface area (Å²) >= 11 is 1.63. The minimum absolute atomic E-state index is 0.507. The van der Waals surface area contributed by atoms with Gasteiger partial charge in [0, 0.05) is 22.5 Å². The number of anilines is 1. The van der Waals surface area contributed by atoms with E-state index in [9.17, 15) is 19.2 Å². The SMILES string of the molecule is Cc1ccc(C)c(Sc2ccc(NC(=O)CN3C(=O)C(=O)N(C)C3=O)cc2)c1. The predicted octanol–water partition coefficient (Wildman–Crippen LogP) is 2.81. The number of nitrogens with one attached hydrogen (secondary N) is 1. The van der Waals surface area contributed by atoms with Crippen molar-refractivity contribution in [2.75, 3.05) is 18.9 Å². The first-order valence-electron chi connectivity index (χ1n) is 8.55. The van der Waals surface area contributed by atoms with Crippen LogP contribution in [-0.4, -0.2) is 47.1 Å². The zero-order valence-electron chi connectivity index (χ0n) is 15.7. The fourth-order valence-corrected chi connectivity index (χ4v) is 3.65. The molecule has 5 amide bonds. The summed E-state index contributed by atoms with van der Waals surface area (Å²) in [6, 6.07) is 12.7. The molecule has 1 aliphatic rings. The number of urea groups is 1. The van der Waals surface area contributed by atoms with Gasteiger partial charge in [-0.05, 0) is 55.3 Å². The number of carbonyl (C=O) groups is 4. The Morgan fingerprint density at radius 1 is 1.00 bits per heavy atom. The molecule has 2 aromatic carbocycles. The van der Waals surface area contributed by atoms with E-state index in [-0.39, 0.29) is 0 Å². The average molecular weight is 397 g/mol. The molecule has 1 N–H and O–H groups in total. The molecule has 1 heterocycles. The number of carbonyl (C=O) groups excluding carboxylic acids is 4. The van der Waals surface area contributed by atoms with E-state index in [4.69, 9.17) is 0 Å². The smallest absolute Gasteiger partial charge is 0.325 e. The summed E-state index contributed by atoms with van der Waals surface area (Å²) in [5, 5.41) is 2.63. The Morgan fingerprint density at radius 3 is 2.29 bits per heavy atom. The lowest BCUT2D eigenvalue weighted by Gasteiger charge is -2.13. The first-order valence-corrected chi connectivity index (χ1v) is 9.36. The van der Waals surface area contributed by atoms with Gasteiger partial charge in [-0.1, -0.05) is 23.9 Å². The lowest BCUT2D eigenvalue weighted by molar-refractivity contribution is -0.143. The second-order valence-corrected chi connectivity index (χ2v) is 7.60. The van der Waals surface area contributed by atoms with Crippen LogP contribution in [0.1, 0.15) is 11.1 Å². The molecule has 3 rings (SSSR count). The van der Waals surface area contributed by atoms with E-state index in [0.717, 1.165) is 9.79 Å². The molecular weight excluding hydrogens is 378 g/mol. The van der Waals surface area contributed by atoms with Crippen molar-refractivity contribution in [2.45, 2.75) is 23.6 Å². The Bertz CT molecular complexity index is 972. The number of hydrogen-bond acceptors (Lipinski definition) is 5. The highest BCUT2D eigenvalue weighted by Gasteiger charge is 2.42. The molecule has 144 valence electrons. The summed E-state index contributed by atoms with van der Waals surface area (Å²) in [4.78, 5) is 50.6. The quantitative estimate of drug-likeness (QED) is 0.619. The molecule has 0 atom stereocenters. The van der Waals surface area contributed by atoms with Crippen LogP contribution in [0.5, 0.6) is 0 Å². The molecule has 0 aromatic heterocycles. The third kappa shape index (κ3) is 4.07. The maximum absolute atomic E-state index is 12.1. The van der Waals surface area contributed by atoms with Crippen molar-refractivity contribution in [3.63, 3.8) is 0 Å². The fraction of sp³-hybridized carbons (Fsp3) is 0.200. The van der Waals surface area contributed by atoms with E-state index < -0.39 is 30.3 Å². The van der Waals surface area contributed by atoms with Gasteiger partial charge in [-0.25, -0.2) is 9.69 Å². The summed E-state index contributed by atoms with van der Waals surface area (Å²) in [6.07, 6.45) is 0. The molecule has 7 nitrogen and oxygen atoms in total. The van der Waals surface area contributed by atoms with E-state index in [1.165, 1.54) is 18.2 Å². The van der Waals surface area contributed by atoms with Crippen molar-refractivity contribution in [3.8, 4) is 0 Å². The van der Waals surface area contributed by atoms with Gasteiger partial charge in [0.15, 0.2) is 0 Å². The van der Waals surface area contributed by atoms with Crippen LogP contribution < -0.4 is 5.32 Å². The van der Waals surface area contributed by atoms with Crippen LogP contribution in [-0.2, 0) is 14.4 Å². The van der Waals surface area contributed by atoms with E-state index in [0.29, 0.717) is 15.5 Å². The Kier molecular flexibility index (Phi) is 5.51. The van der Waals surface area contributed by atoms with Crippen molar-refractivity contribution in [3.05, 3.63) is 53.6 Å². The third-order valence-corrected chi connectivity index (χ3v) is 5.43. The highest BCUT2D eigenvalue weighted by Crippen LogP contribution is 2.31. The van der Waals surface area contributed by atoms with Crippen LogP contribution in [0, 0.1) is 13.8 Å². The highest BCUT2D eigenvalue weighted by atomic mass is 32.2. The summed E-state index contributed by atoms with van der Waals surface area (Å²) in [5.41, 5.74) is 2.91. The number of imide groups is 2. The topological polar surface area (TPSA) is 86.8 Å². The van der Waals surface area contributed by atoms with Crippen LogP contribution in [0.15, 0.2) is 52.3 Å². The first kappa shape index (κ1) is 19.6. The zero-order chi connectivity index (χ0) is 20.4. The van der Waals surface area contributed by atoms with Gasteiger partial charge in [-0.15, -0.1) is 0 Å². The van der Waals surface area contributed by atoms with Crippen LogP contribution >= 0.6 is 11.8 Å². The molecule has 0 unspecified atom stereocenters. The van der Waals surface area contributed by atoms with Crippen molar-refractivity contribution < 1.29 is 19.2 Å². The molecule has 8 heteroatoms. The number of benzene rings is 2. The average Bonchev–Trinajstić information content (AvgIpc) is 2.84. The maximum Gasteiger partial charge on any atom is 0.334 e. The lowest BCUT2D eigenvalue weighted by Crippen LogP contribution is -2.38. The van der Waals surface area contributed by atoms with Crippen LogP contribution in [0.4, 0.5) is 10.5 Å². The lowest BCUT2D eigenvalue weighted by atomic mass is 10.2. The normalized spacial score (nSPS) is 14.0. The molecule has 0 radical (unpaired) electrons. The summed E-state index contributed by atoms with van der Waals surface area (Å²) < 4.78 is 0. The number of likely N-dealkylation sites (N-methyl/N-ethyl adjacent to an activating group) is 1. The number of nitrogens with zero attached hydrogens (tertiary/aromatic N) is 2. The van der Waals surface area contributed by atoms with Gasteiger partial charge in [0.05, 0.1) is 0 Å². The monoisotopic (exact) mass is 397 g/mol. The largest absolute Gasteiger partial charge is 0.334 e. The van der Waals surface area contributed by atoms with Gasteiger partial charge in [0.2, 0.25) is 5.91 Å². The number of rotatable bonds is 5. The molecule has 1 fully saturated rings. The van der Waals surface area contributed by atoms with Crippen LogP contribution in [0.3, 0.4) is 0 Å². The number of hydrogen-bond donors (Lipinski definition) is 1. The van der Waals surface area contributed by atoms with Gasteiger partial charge >= 0.3 is 17.8 Å². The molecular formula is C20H19N3O4S. The highest BCUT2D eigenvalue weighted by molar-refractivity contribution is 7.99. The molecule has 0 bridgehead atoms. The third-order valence-electron chi connectivity index (χ3n) is 4.26. The molecule has 1 aliphatic heterocycles. The van der Waals surface area contributed by atoms with Crippen molar-refractivity contribution >= 4 is 41.2 Å². The molecule has 28 heavy (non-hydrogen) atoms. The second-order valence-electron chi connectivity index (χ2n) is 6.48. The Balaban J connectivity index is 1.62. The minimum Gasteiger partial charge on any atom is -0.325 e. The van der Waals surface area contributed by atoms with Crippen LogP contribution in [0.25, 0.3) is 0 Å². The Morgan fingerprint density at radius 2 is 1.68 bits per heavy atom. The Hall–Kier alpha value is -3.13. The second kappa shape index (κ2) is 7.85. The summed E-state index contributed by atoms with van der Waals surface area (Å²) in [5.74, 6) is -2.49. The van der Waals surface area contributed by atoms with Crippen LogP contribution in [0.2, 0.25) is 0 Å². The van der Waals surface area contributed by atoms with Gasteiger partial charge in [-0.2, -0.15) is 0 Å². The summed E-state index contributed by atoms with van der Waals surface area (Å²) in [6.45, 7) is 3.59. The van der Waals surface area contributed by atoms with Crippen molar-refractivity contribution in [2.24, 2.45) is 0 Å². The Labute approximate surface area is 166 Å². The van der Waals surface area contributed by atoms with Crippen molar-refractivity contribution in [1.29, 1.82) is 0 Å². The maximum atomic E-state index is 12.1.